The molecule has 0 aromatic carbocycles. The Morgan fingerprint density at radius 2 is 1.40 bits per heavy atom. The van der Waals surface area contributed by atoms with E-state index in [0.29, 0.717) is 11.5 Å². The third-order valence-corrected chi connectivity index (χ3v) is 3.39. The molecule has 1 saturated carbocycles. The standard InChI is InChI=1S/C14H29N/c1-13(2,3)12(15-14(4,5)6)11-9-7-8-10-11/h11-12,15H,7-10H2,1-6H3. The summed E-state index contributed by atoms with van der Waals surface area (Å²) in [6, 6.07) is 0.667. The second-order valence-electron chi connectivity index (χ2n) is 7.28. The van der Waals surface area contributed by atoms with Crippen molar-refractivity contribution in [3.05, 3.63) is 0 Å². The fourth-order valence-corrected chi connectivity index (χ4v) is 2.80. The Labute approximate surface area is 96.0 Å². The van der Waals surface area contributed by atoms with Crippen LogP contribution in [0.25, 0.3) is 0 Å². The fourth-order valence-electron chi connectivity index (χ4n) is 2.80. The highest BCUT2D eigenvalue weighted by Crippen LogP contribution is 2.36. The van der Waals surface area contributed by atoms with E-state index in [1.807, 2.05) is 0 Å². The molecule has 0 spiro atoms. The summed E-state index contributed by atoms with van der Waals surface area (Å²) < 4.78 is 0. The zero-order valence-corrected chi connectivity index (χ0v) is 11.5. The molecule has 0 aromatic heterocycles. The molecule has 1 atom stereocenters. The molecule has 0 bridgehead atoms. The number of rotatable bonds is 2. The molecule has 0 aromatic rings. The summed E-state index contributed by atoms with van der Waals surface area (Å²) in [6.07, 6.45) is 5.71. The van der Waals surface area contributed by atoms with Gasteiger partial charge in [-0.25, -0.2) is 0 Å². The van der Waals surface area contributed by atoms with Crippen LogP contribution < -0.4 is 5.32 Å². The normalized spacial score (nSPS) is 22.0. The van der Waals surface area contributed by atoms with Gasteiger partial charge in [0.05, 0.1) is 0 Å². The maximum absolute atomic E-state index is 3.84. The molecule has 90 valence electrons. The second-order valence-corrected chi connectivity index (χ2v) is 7.28. The summed E-state index contributed by atoms with van der Waals surface area (Å²) in [7, 11) is 0. The van der Waals surface area contributed by atoms with Gasteiger partial charge in [0.25, 0.3) is 0 Å². The topological polar surface area (TPSA) is 12.0 Å². The van der Waals surface area contributed by atoms with Gasteiger partial charge in [0, 0.05) is 11.6 Å². The maximum atomic E-state index is 3.84. The van der Waals surface area contributed by atoms with Crippen molar-refractivity contribution in [2.45, 2.75) is 78.8 Å². The summed E-state index contributed by atoms with van der Waals surface area (Å²) in [5, 5.41) is 3.84. The third-order valence-electron chi connectivity index (χ3n) is 3.39. The molecule has 1 aliphatic carbocycles. The van der Waals surface area contributed by atoms with Crippen LogP contribution >= 0.6 is 0 Å². The van der Waals surface area contributed by atoms with E-state index < -0.39 is 0 Å². The smallest absolute Gasteiger partial charge is 0.0149 e. The van der Waals surface area contributed by atoms with Crippen molar-refractivity contribution in [1.82, 2.24) is 5.32 Å². The SMILES string of the molecule is CC(C)(C)NC(C1CCCC1)C(C)(C)C. The van der Waals surface area contributed by atoms with Gasteiger partial charge in [0.15, 0.2) is 0 Å². The van der Waals surface area contributed by atoms with E-state index in [9.17, 15) is 0 Å². The lowest BCUT2D eigenvalue weighted by Crippen LogP contribution is -2.53. The van der Waals surface area contributed by atoms with Crippen LogP contribution in [0.1, 0.15) is 67.2 Å². The predicted octanol–water partition coefficient (Wildman–Crippen LogP) is 3.98. The summed E-state index contributed by atoms with van der Waals surface area (Å²) >= 11 is 0. The minimum absolute atomic E-state index is 0.237. The Bertz CT molecular complexity index is 188. The van der Waals surface area contributed by atoms with E-state index >= 15 is 0 Å². The lowest BCUT2D eigenvalue weighted by atomic mass is 9.77. The lowest BCUT2D eigenvalue weighted by Gasteiger charge is -2.41. The van der Waals surface area contributed by atoms with Crippen LogP contribution in [-0.4, -0.2) is 11.6 Å². The predicted molar refractivity (Wildman–Crippen MR) is 68.1 cm³/mol. The van der Waals surface area contributed by atoms with Gasteiger partial charge in [0.1, 0.15) is 0 Å². The van der Waals surface area contributed by atoms with Crippen molar-refractivity contribution >= 4 is 0 Å². The molecular formula is C14H29N. The average molecular weight is 211 g/mol. The molecule has 0 radical (unpaired) electrons. The van der Waals surface area contributed by atoms with Crippen molar-refractivity contribution in [3.8, 4) is 0 Å². The molecule has 1 aliphatic rings. The molecule has 1 unspecified atom stereocenters. The molecule has 1 fully saturated rings. The monoisotopic (exact) mass is 211 g/mol. The largest absolute Gasteiger partial charge is 0.309 e. The van der Waals surface area contributed by atoms with Gasteiger partial charge < -0.3 is 5.32 Å². The number of hydrogen-bond donors (Lipinski definition) is 1. The molecule has 0 saturated heterocycles. The summed E-state index contributed by atoms with van der Waals surface area (Å²) in [5.41, 5.74) is 0.614. The van der Waals surface area contributed by atoms with Crippen molar-refractivity contribution in [3.63, 3.8) is 0 Å². The zero-order chi connectivity index (χ0) is 11.7. The highest BCUT2D eigenvalue weighted by atomic mass is 15.0. The van der Waals surface area contributed by atoms with E-state index in [2.05, 4.69) is 46.9 Å². The second kappa shape index (κ2) is 4.45. The first-order chi connectivity index (χ1) is 6.70. The molecule has 0 amide bonds. The highest BCUT2D eigenvalue weighted by molar-refractivity contribution is 4.92. The van der Waals surface area contributed by atoms with Gasteiger partial charge in [0.2, 0.25) is 0 Å². The van der Waals surface area contributed by atoms with E-state index in [4.69, 9.17) is 0 Å². The van der Waals surface area contributed by atoms with Gasteiger partial charge in [-0.3, -0.25) is 0 Å². The van der Waals surface area contributed by atoms with Gasteiger partial charge in [-0.2, -0.15) is 0 Å². The summed E-state index contributed by atoms with van der Waals surface area (Å²) in [6.45, 7) is 13.9. The lowest BCUT2D eigenvalue weighted by molar-refractivity contribution is 0.158. The van der Waals surface area contributed by atoms with Crippen LogP contribution in [0.2, 0.25) is 0 Å². The first kappa shape index (κ1) is 13.0. The minimum Gasteiger partial charge on any atom is -0.309 e. The molecule has 1 heteroatoms. The van der Waals surface area contributed by atoms with Gasteiger partial charge in [-0.15, -0.1) is 0 Å². The quantitative estimate of drug-likeness (QED) is 0.728. The van der Waals surface area contributed by atoms with Crippen LogP contribution in [0.3, 0.4) is 0 Å². The maximum Gasteiger partial charge on any atom is 0.0149 e. The van der Waals surface area contributed by atoms with Crippen LogP contribution in [0, 0.1) is 11.3 Å². The molecular weight excluding hydrogens is 182 g/mol. The Kier molecular flexibility index (Phi) is 3.86. The average Bonchev–Trinajstić information content (AvgIpc) is 2.47. The summed E-state index contributed by atoms with van der Waals surface area (Å²) in [5.74, 6) is 0.893. The van der Waals surface area contributed by atoms with Crippen LogP contribution in [0.5, 0.6) is 0 Å². The van der Waals surface area contributed by atoms with E-state index in [1.165, 1.54) is 25.7 Å². The van der Waals surface area contributed by atoms with Crippen molar-refractivity contribution in [2.24, 2.45) is 11.3 Å². The van der Waals surface area contributed by atoms with Gasteiger partial charge in [-0.05, 0) is 44.9 Å². The molecule has 1 nitrogen and oxygen atoms in total. The third kappa shape index (κ3) is 4.14. The van der Waals surface area contributed by atoms with Crippen LogP contribution in [-0.2, 0) is 0 Å². The Morgan fingerprint density at radius 1 is 0.933 bits per heavy atom. The molecule has 1 rings (SSSR count). The van der Waals surface area contributed by atoms with E-state index in [1.54, 1.807) is 0 Å². The number of nitrogens with one attached hydrogen (secondary N) is 1. The first-order valence-corrected chi connectivity index (χ1v) is 6.48. The first-order valence-electron chi connectivity index (χ1n) is 6.48. The molecule has 0 aliphatic heterocycles. The van der Waals surface area contributed by atoms with Crippen molar-refractivity contribution in [2.75, 3.05) is 0 Å². The fraction of sp³-hybridized carbons (Fsp3) is 1.00. The highest BCUT2D eigenvalue weighted by Gasteiger charge is 2.35. The summed E-state index contributed by atoms with van der Waals surface area (Å²) in [4.78, 5) is 0. The van der Waals surface area contributed by atoms with Crippen LogP contribution in [0.15, 0.2) is 0 Å². The van der Waals surface area contributed by atoms with Gasteiger partial charge in [-0.1, -0.05) is 33.6 Å². The number of hydrogen-bond acceptors (Lipinski definition) is 1. The van der Waals surface area contributed by atoms with Crippen LogP contribution in [0.4, 0.5) is 0 Å². The Hall–Kier alpha value is -0.0400. The zero-order valence-electron chi connectivity index (χ0n) is 11.5. The Morgan fingerprint density at radius 3 is 1.73 bits per heavy atom. The van der Waals surface area contributed by atoms with Crippen molar-refractivity contribution < 1.29 is 0 Å². The molecule has 0 heterocycles. The Balaban J connectivity index is 2.69. The van der Waals surface area contributed by atoms with Gasteiger partial charge >= 0.3 is 0 Å². The van der Waals surface area contributed by atoms with Crippen molar-refractivity contribution in [1.29, 1.82) is 0 Å². The van der Waals surface area contributed by atoms with E-state index in [-0.39, 0.29) is 5.54 Å². The van der Waals surface area contributed by atoms with E-state index in [0.717, 1.165) is 5.92 Å². The molecule has 15 heavy (non-hydrogen) atoms. The molecule has 1 N–H and O–H groups in total. The minimum atomic E-state index is 0.237.